The first-order valence-corrected chi connectivity index (χ1v) is 15.9. The van der Waals surface area contributed by atoms with Gasteiger partial charge in [0.05, 0.1) is 12.7 Å². The number of nitrogens with zero attached hydrogens (tertiary/aromatic N) is 2. The van der Waals surface area contributed by atoms with E-state index in [4.69, 9.17) is 4.74 Å². The number of rotatable bonds is 5. The molecule has 216 valence electrons. The summed E-state index contributed by atoms with van der Waals surface area (Å²) in [6.07, 6.45) is 9.79. The number of carbonyl (C=O) groups is 1. The lowest BCUT2D eigenvalue weighted by molar-refractivity contribution is -0.160. The molecule has 9 atom stereocenters. The molecule has 1 aliphatic heterocycles. The van der Waals surface area contributed by atoms with Gasteiger partial charge in [-0.25, -0.2) is 0 Å². The van der Waals surface area contributed by atoms with Crippen molar-refractivity contribution in [2.45, 2.75) is 110 Å². The maximum Gasteiger partial charge on any atom is 0.139 e. The van der Waals surface area contributed by atoms with E-state index < -0.39 is 5.60 Å². The summed E-state index contributed by atoms with van der Waals surface area (Å²) in [5.74, 6) is 4.15. The monoisotopic (exact) mass is 536 g/mol. The molecule has 1 heterocycles. The second-order valence-corrected chi connectivity index (χ2v) is 14.9. The fourth-order valence-electron chi connectivity index (χ4n) is 10.3. The number of benzene rings is 1. The summed E-state index contributed by atoms with van der Waals surface area (Å²) in [7, 11) is 1.73. The van der Waals surface area contributed by atoms with Crippen LogP contribution in [-0.2, 0) is 11.3 Å². The molecule has 4 aliphatic carbocycles. The Morgan fingerprint density at radius 3 is 2.54 bits per heavy atom. The van der Waals surface area contributed by atoms with Crippen molar-refractivity contribution in [2.24, 2.45) is 34.5 Å². The van der Waals surface area contributed by atoms with Crippen LogP contribution in [0.2, 0.25) is 0 Å². The minimum absolute atomic E-state index is 0.0404. The van der Waals surface area contributed by atoms with E-state index in [2.05, 4.69) is 55.7 Å². The number of methoxy groups -OCH3 is 1. The lowest BCUT2D eigenvalue weighted by Gasteiger charge is -2.61. The van der Waals surface area contributed by atoms with Crippen molar-refractivity contribution in [3.05, 3.63) is 29.8 Å². The summed E-state index contributed by atoms with van der Waals surface area (Å²) in [5.41, 5.74) is 1.01. The zero-order valence-corrected chi connectivity index (χ0v) is 25.1. The van der Waals surface area contributed by atoms with Gasteiger partial charge in [-0.05, 0) is 112 Å². The van der Waals surface area contributed by atoms with Crippen LogP contribution < -0.4 is 4.74 Å². The number of fused-ring (bicyclic) bond motifs is 5. The van der Waals surface area contributed by atoms with Crippen molar-refractivity contribution in [3.8, 4) is 5.75 Å². The summed E-state index contributed by atoms with van der Waals surface area (Å²) in [6, 6.07) is 9.31. The number of aliphatic hydroxyl groups is 1. The van der Waals surface area contributed by atoms with Crippen molar-refractivity contribution in [1.82, 2.24) is 9.80 Å². The number of piperazine rings is 1. The van der Waals surface area contributed by atoms with Crippen LogP contribution >= 0.6 is 0 Å². The van der Waals surface area contributed by atoms with Gasteiger partial charge in [-0.2, -0.15) is 0 Å². The van der Waals surface area contributed by atoms with Gasteiger partial charge < -0.3 is 9.84 Å². The van der Waals surface area contributed by atoms with E-state index >= 15 is 0 Å². The van der Waals surface area contributed by atoms with Gasteiger partial charge >= 0.3 is 0 Å². The predicted molar refractivity (Wildman–Crippen MR) is 156 cm³/mol. The third-order valence-electron chi connectivity index (χ3n) is 12.8. The minimum Gasteiger partial charge on any atom is -0.497 e. The van der Waals surface area contributed by atoms with Crippen molar-refractivity contribution < 1.29 is 14.6 Å². The Bertz CT molecular complexity index is 1080. The maximum atomic E-state index is 12.8. The number of ether oxygens (including phenoxy) is 1. The average Bonchev–Trinajstić information content (AvgIpc) is 3.22. The van der Waals surface area contributed by atoms with Crippen LogP contribution in [0.25, 0.3) is 0 Å². The number of carbonyl (C=O) groups excluding carboxylic acids is 1. The molecule has 5 nitrogen and oxygen atoms in total. The minimum atomic E-state index is -0.577. The highest BCUT2D eigenvalue weighted by molar-refractivity contribution is 5.87. The molecule has 39 heavy (non-hydrogen) atoms. The van der Waals surface area contributed by atoms with E-state index in [0.717, 1.165) is 82.3 Å². The Labute approximate surface area is 236 Å². The van der Waals surface area contributed by atoms with Crippen molar-refractivity contribution in [2.75, 3.05) is 26.7 Å². The van der Waals surface area contributed by atoms with E-state index in [-0.39, 0.29) is 5.41 Å². The molecule has 1 N–H and O–H groups in total. The molecule has 0 spiro atoms. The van der Waals surface area contributed by atoms with Crippen LogP contribution in [0.4, 0.5) is 0 Å². The normalized spacial score (nSPS) is 44.9. The zero-order valence-electron chi connectivity index (χ0n) is 25.1. The van der Waals surface area contributed by atoms with E-state index in [1.807, 2.05) is 6.07 Å². The first-order chi connectivity index (χ1) is 18.5. The summed E-state index contributed by atoms with van der Waals surface area (Å²) in [4.78, 5) is 18.0. The number of hydrogen-bond acceptors (Lipinski definition) is 5. The Hall–Kier alpha value is -1.43. The molecule has 0 unspecified atom stereocenters. The van der Waals surface area contributed by atoms with Crippen LogP contribution in [-0.4, -0.2) is 65.1 Å². The maximum absolute atomic E-state index is 12.8. The Morgan fingerprint density at radius 1 is 0.974 bits per heavy atom. The largest absolute Gasteiger partial charge is 0.497 e. The molecular formula is C34H52N2O3. The smallest absolute Gasteiger partial charge is 0.139 e. The molecule has 4 saturated carbocycles. The molecule has 0 radical (unpaired) electrons. The summed E-state index contributed by atoms with van der Waals surface area (Å²) >= 11 is 0. The molecular weight excluding hydrogens is 484 g/mol. The van der Waals surface area contributed by atoms with Gasteiger partial charge in [-0.15, -0.1) is 0 Å². The molecule has 0 aromatic heterocycles. The number of Topliss-reactive ketones (excluding diaryl/α,β-unsaturated/α-hetero) is 1. The summed E-state index contributed by atoms with van der Waals surface area (Å²) < 4.78 is 5.44. The Balaban J connectivity index is 1.09. The zero-order chi connectivity index (χ0) is 27.6. The average molecular weight is 537 g/mol. The second kappa shape index (κ2) is 10.1. The van der Waals surface area contributed by atoms with Gasteiger partial charge in [-0.3, -0.25) is 14.6 Å². The SMILES string of the molecule is COc1cccc(CN2C[C@@H](C)N(C[C@@]3(O)CC[C@@]4(C)[C@@H](CC[C@@H]5[C@@H]4CC[C@]4(C)C(=O)CC[C@@H]54)C3)C[C@@H]2C)c1. The molecule has 5 aliphatic rings. The Kier molecular flexibility index (Phi) is 7.20. The van der Waals surface area contributed by atoms with E-state index in [1.54, 1.807) is 7.11 Å². The molecule has 0 amide bonds. The first kappa shape index (κ1) is 27.7. The van der Waals surface area contributed by atoms with Crippen LogP contribution in [0.15, 0.2) is 24.3 Å². The topological polar surface area (TPSA) is 53.0 Å². The standard InChI is InChI=1S/C34H52N2O3/c1-23-20-36(24(2)19-35(23)21-25-7-6-8-27(17-25)39-5)22-34(38)16-15-32(3)26(18-34)9-10-28-29-11-12-31(37)33(29,4)14-13-30(28)32/h6-8,17,23-24,26,28-30,38H,9-16,18-22H2,1-5H3/t23-,24+,26-,28-,29-,30-,32-,33-,34+/m0/s1. The second-order valence-electron chi connectivity index (χ2n) is 14.9. The number of ketones is 1. The highest BCUT2D eigenvalue weighted by Gasteiger charge is 2.61. The fourth-order valence-corrected chi connectivity index (χ4v) is 10.3. The van der Waals surface area contributed by atoms with Crippen molar-refractivity contribution in [1.29, 1.82) is 0 Å². The van der Waals surface area contributed by atoms with Gasteiger partial charge in [0.15, 0.2) is 0 Å². The van der Waals surface area contributed by atoms with E-state index in [9.17, 15) is 9.90 Å². The van der Waals surface area contributed by atoms with Gasteiger partial charge in [-0.1, -0.05) is 26.0 Å². The van der Waals surface area contributed by atoms with Crippen LogP contribution in [0.1, 0.15) is 91.0 Å². The number of β-amino-alcohol motifs (C(OH)–C–C–N with tert-alkyl or cyclic N) is 1. The molecule has 1 aromatic carbocycles. The van der Waals surface area contributed by atoms with E-state index in [1.165, 1.54) is 24.8 Å². The highest BCUT2D eigenvalue weighted by atomic mass is 16.5. The van der Waals surface area contributed by atoms with Crippen molar-refractivity contribution in [3.63, 3.8) is 0 Å². The molecule has 1 aromatic rings. The highest BCUT2D eigenvalue weighted by Crippen LogP contribution is 2.66. The van der Waals surface area contributed by atoms with E-state index in [0.29, 0.717) is 35.1 Å². The van der Waals surface area contributed by atoms with Gasteiger partial charge in [0.2, 0.25) is 0 Å². The first-order valence-electron chi connectivity index (χ1n) is 15.9. The van der Waals surface area contributed by atoms with Gasteiger partial charge in [0.25, 0.3) is 0 Å². The summed E-state index contributed by atoms with van der Waals surface area (Å²) in [5, 5.41) is 12.0. The van der Waals surface area contributed by atoms with Crippen LogP contribution in [0.5, 0.6) is 5.75 Å². The number of hydrogen-bond donors (Lipinski definition) is 1. The lowest BCUT2D eigenvalue weighted by Crippen LogP contribution is -2.62. The Morgan fingerprint density at radius 2 is 1.74 bits per heavy atom. The summed E-state index contributed by atoms with van der Waals surface area (Å²) in [6.45, 7) is 13.3. The molecule has 5 fully saturated rings. The third kappa shape index (κ3) is 4.78. The van der Waals surface area contributed by atoms with Crippen LogP contribution in [0.3, 0.4) is 0 Å². The molecule has 6 rings (SSSR count). The quantitative estimate of drug-likeness (QED) is 0.505. The third-order valence-corrected chi connectivity index (χ3v) is 12.8. The predicted octanol–water partition coefficient (Wildman–Crippen LogP) is 5.93. The lowest BCUT2D eigenvalue weighted by atomic mass is 9.44. The van der Waals surface area contributed by atoms with Crippen molar-refractivity contribution >= 4 is 5.78 Å². The molecule has 5 heteroatoms. The van der Waals surface area contributed by atoms with Gasteiger partial charge in [0, 0.05) is 50.1 Å². The molecule has 1 saturated heterocycles. The van der Waals surface area contributed by atoms with Gasteiger partial charge in [0.1, 0.15) is 11.5 Å². The van der Waals surface area contributed by atoms with Crippen LogP contribution in [0, 0.1) is 34.5 Å². The fraction of sp³-hybridized carbons (Fsp3) is 0.794. The molecule has 0 bridgehead atoms.